The first-order valence-corrected chi connectivity index (χ1v) is 7.93. The Balaban J connectivity index is 1.66. The zero-order valence-electron chi connectivity index (χ0n) is 13.7. The predicted octanol–water partition coefficient (Wildman–Crippen LogP) is 2.45. The van der Waals surface area contributed by atoms with Gasteiger partial charge in [-0.3, -0.25) is 4.79 Å². The van der Waals surface area contributed by atoms with Gasteiger partial charge in [0.15, 0.2) is 0 Å². The Labute approximate surface area is 151 Å². The van der Waals surface area contributed by atoms with Crippen molar-refractivity contribution in [3.05, 3.63) is 59.9 Å². The fourth-order valence-electron chi connectivity index (χ4n) is 2.95. The third-order valence-electron chi connectivity index (χ3n) is 4.08. The van der Waals surface area contributed by atoms with E-state index in [4.69, 9.17) is 5.73 Å². The van der Waals surface area contributed by atoms with E-state index in [9.17, 15) is 18.0 Å². The maximum atomic E-state index is 12.9. The highest BCUT2D eigenvalue weighted by molar-refractivity contribution is 6.12. The number of hydrogen-bond acceptors (Lipinski definition) is 6. The molecule has 2 aliphatic heterocycles. The van der Waals surface area contributed by atoms with E-state index in [1.54, 1.807) is 5.01 Å². The minimum absolute atomic E-state index is 0.111. The monoisotopic (exact) mass is 377 g/mol. The smallest absolute Gasteiger partial charge is 0.406 e. The van der Waals surface area contributed by atoms with Crippen LogP contribution in [0.1, 0.15) is 0 Å². The molecule has 0 saturated carbocycles. The summed E-state index contributed by atoms with van der Waals surface area (Å²) in [6.07, 6.45) is -4.78. The molecule has 1 fully saturated rings. The van der Waals surface area contributed by atoms with Crippen LogP contribution in [0, 0.1) is 0 Å². The molecule has 7 nitrogen and oxygen atoms in total. The number of halogens is 3. The van der Waals surface area contributed by atoms with Crippen molar-refractivity contribution in [3.63, 3.8) is 0 Å². The molecule has 27 heavy (non-hydrogen) atoms. The Morgan fingerprint density at radius 3 is 2.41 bits per heavy atom. The van der Waals surface area contributed by atoms with E-state index in [0.717, 1.165) is 23.5 Å². The highest BCUT2D eigenvalue weighted by Gasteiger charge is 2.40. The first-order chi connectivity index (χ1) is 12.9. The predicted molar refractivity (Wildman–Crippen MR) is 92.4 cm³/mol. The molecule has 1 amide bonds. The average molecular weight is 377 g/mol. The number of hydrazine groups is 2. The van der Waals surface area contributed by atoms with Gasteiger partial charge in [0.05, 0.1) is 22.8 Å². The normalized spacial score (nSPS) is 16.2. The van der Waals surface area contributed by atoms with Crippen molar-refractivity contribution in [2.75, 3.05) is 21.9 Å². The molecule has 10 heteroatoms. The summed E-state index contributed by atoms with van der Waals surface area (Å²) in [5, 5.41) is 5.96. The van der Waals surface area contributed by atoms with Crippen LogP contribution in [-0.2, 0) is 4.79 Å². The van der Waals surface area contributed by atoms with Gasteiger partial charge in [-0.2, -0.15) is 0 Å². The molecule has 4 rings (SSSR count). The number of nitrogens with two attached hydrogens (primary N) is 1. The van der Waals surface area contributed by atoms with Crippen molar-refractivity contribution < 1.29 is 22.7 Å². The standard InChI is InChI=1S/C17H14F3N5O2/c18-17(19,20)27-11-7-5-10(6-8-11)24-16(26)15-13(9-21)22-12-3-1-2-4-14(12)25(15)23-24/h1-8,22-23H,9,21H2. The zero-order valence-corrected chi connectivity index (χ0v) is 13.7. The molecule has 0 unspecified atom stereocenters. The molecule has 1 saturated heterocycles. The topological polar surface area (TPSA) is 82.9 Å². The Bertz CT molecular complexity index is 927. The van der Waals surface area contributed by atoms with E-state index in [1.165, 1.54) is 17.1 Å². The fraction of sp³-hybridized carbons (Fsp3) is 0.118. The van der Waals surface area contributed by atoms with Crippen molar-refractivity contribution in [2.24, 2.45) is 5.73 Å². The summed E-state index contributed by atoms with van der Waals surface area (Å²) in [5.74, 6) is -0.758. The van der Waals surface area contributed by atoms with E-state index >= 15 is 0 Å². The molecule has 4 N–H and O–H groups in total. The average Bonchev–Trinajstić information content (AvgIpc) is 2.98. The second-order valence-corrected chi connectivity index (χ2v) is 5.79. The Morgan fingerprint density at radius 1 is 1.04 bits per heavy atom. The lowest BCUT2D eigenvalue weighted by Gasteiger charge is -2.28. The van der Waals surface area contributed by atoms with Crippen LogP contribution >= 0.6 is 0 Å². The van der Waals surface area contributed by atoms with Crippen molar-refractivity contribution in [1.29, 1.82) is 0 Å². The van der Waals surface area contributed by atoms with Gasteiger partial charge in [-0.05, 0) is 36.4 Å². The van der Waals surface area contributed by atoms with Crippen LogP contribution in [0.25, 0.3) is 0 Å². The zero-order chi connectivity index (χ0) is 19.2. The summed E-state index contributed by atoms with van der Waals surface area (Å²) in [6.45, 7) is 0.111. The van der Waals surface area contributed by atoms with Gasteiger partial charge < -0.3 is 15.8 Å². The number of rotatable bonds is 3. The van der Waals surface area contributed by atoms with Crippen molar-refractivity contribution in [3.8, 4) is 5.75 Å². The number of hydrogen-bond donors (Lipinski definition) is 3. The summed E-state index contributed by atoms with van der Waals surface area (Å²) < 4.78 is 40.7. The van der Waals surface area contributed by atoms with Crippen LogP contribution in [0.2, 0.25) is 0 Å². The molecule has 0 aromatic heterocycles. The summed E-state index contributed by atoms with van der Waals surface area (Å²) in [5.41, 5.74) is 11.4. The van der Waals surface area contributed by atoms with Crippen LogP contribution in [0.3, 0.4) is 0 Å². The van der Waals surface area contributed by atoms with E-state index < -0.39 is 6.36 Å². The third kappa shape index (κ3) is 3.04. The number of anilines is 3. The van der Waals surface area contributed by atoms with Gasteiger partial charge in [0.1, 0.15) is 11.4 Å². The molecule has 0 spiro atoms. The van der Waals surface area contributed by atoms with Gasteiger partial charge in [-0.1, -0.05) is 12.1 Å². The number of carbonyl (C=O) groups excluding carboxylic acids is 1. The Hall–Kier alpha value is -3.24. The number of para-hydroxylation sites is 2. The number of benzene rings is 2. The number of nitrogens with zero attached hydrogens (tertiary/aromatic N) is 2. The van der Waals surface area contributed by atoms with Crippen LogP contribution < -0.4 is 31.3 Å². The van der Waals surface area contributed by atoms with E-state index in [-0.39, 0.29) is 18.2 Å². The first kappa shape index (κ1) is 17.2. The van der Waals surface area contributed by atoms with Gasteiger partial charge in [-0.25, -0.2) is 10.0 Å². The number of alkyl halides is 3. The molecule has 0 atom stereocenters. The van der Waals surface area contributed by atoms with Crippen LogP contribution in [-0.4, -0.2) is 18.8 Å². The maximum Gasteiger partial charge on any atom is 0.573 e. The molecule has 2 aromatic carbocycles. The first-order valence-electron chi connectivity index (χ1n) is 7.93. The Morgan fingerprint density at radius 2 is 1.74 bits per heavy atom. The summed E-state index contributed by atoms with van der Waals surface area (Å²) >= 11 is 0. The largest absolute Gasteiger partial charge is 0.573 e. The summed E-state index contributed by atoms with van der Waals surface area (Å²) in [4.78, 5) is 12.9. The highest BCUT2D eigenvalue weighted by Crippen LogP contribution is 2.38. The van der Waals surface area contributed by atoms with E-state index in [2.05, 4.69) is 15.6 Å². The lowest BCUT2D eigenvalue weighted by Crippen LogP contribution is -2.41. The van der Waals surface area contributed by atoms with Crippen LogP contribution in [0.15, 0.2) is 59.9 Å². The van der Waals surface area contributed by atoms with Crippen molar-refractivity contribution in [2.45, 2.75) is 6.36 Å². The maximum absolute atomic E-state index is 12.9. The number of carbonyl (C=O) groups is 1. The van der Waals surface area contributed by atoms with Gasteiger partial charge in [0.25, 0.3) is 5.91 Å². The molecular weight excluding hydrogens is 363 g/mol. The minimum Gasteiger partial charge on any atom is -0.406 e. The molecule has 2 heterocycles. The van der Waals surface area contributed by atoms with Gasteiger partial charge >= 0.3 is 6.36 Å². The fourth-order valence-corrected chi connectivity index (χ4v) is 2.95. The molecule has 2 aliphatic rings. The quantitative estimate of drug-likeness (QED) is 0.762. The highest BCUT2D eigenvalue weighted by atomic mass is 19.4. The molecular formula is C17H14F3N5O2. The van der Waals surface area contributed by atoms with Gasteiger partial charge in [-0.15, -0.1) is 18.7 Å². The molecule has 2 aromatic rings. The van der Waals surface area contributed by atoms with Crippen molar-refractivity contribution in [1.82, 2.24) is 5.53 Å². The lowest BCUT2D eigenvalue weighted by molar-refractivity contribution is -0.274. The van der Waals surface area contributed by atoms with Crippen molar-refractivity contribution >= 4 is 23.0 Å². The third-order valence-corrected chi connectivity index (χ3v) is 4.08. The van der Waals surface area contributed by atoms with Gasteiger partial charge in [0.2, 0.25) is 0 Å². The Kier molecular flexibility index (Phi) is 3.93. The van der Waals surface area contributed by atoms with E-state index in [0.29, 0.717) is 17.1 Å². The van der Waals surface area contributed by atoms with E-state index in [1.807, 2.05) is 24.3 Å². The summed E-state index contributed by atoms with van der Waals surface area (Å²) in [7, 11) is 0. The lowest BCUT2D eigenvalue weighted by atomic mass is 10.1. The second-order valence-electron chi connectivity index (χ2n) is 5.79. The van der Waals surface area contributed by atoms with Gasteiger partial charge in [0, 0.05) is 6.54 Å². The van der Waals surface area contributed by atoms with Crippen LogP contribution in [0.5, 0.6) is 5.75 Å². The van der Waals surface area contributed by atoms with Crippen LogP contribution in [0.4, 0.5) is 30.2 Å². The number of fused-ring (bicyclic) bond motifs is 3. The number of amides is 1. The number of nitrogens with one attached hydrogen (secondary N) is 2. The molecule has 0 radical (unpaired) electrons. The number of ether oxygens (including phenoxy) is 1. The minimum atomic E-state index is -4.78. The molecule has 0 bridgehead atoms. The second kappa shape index (κ2) is 6.18. The summed E-state index contributed by atoms with van der Waals surface area (Å²) in [6, 6.07) is 12.3. The SMILES string of the molecule is NCC1=C2C(=O)N(c3ccc(OC(F)(F)F)cc3)NN2c2ccccc2N1. The molecule has 0 aliphatic carbocycles. The molecule has 140 valence electrons.